The van der Waals surface area contributed by atoms with Crippen LogP contribution in [0.1, 0.15) is 31.7 Å². The van der Waals surface area contributed by atoms with Crippen molar-refractivity contribution < 1.29 is 8.42 Å². The molecule has 2 nitrogen and oxygen atoms in total. The molecule has 1 aromatic carbocycles. The maximum atomic E-state index is 11.5. The van der Waals surface area contributed by atoms with Gasteiger partial charge in [-0.25, -0.2) is 8.42 Å². The number of hydrogen-bond donors (Lipinski definition) is 0. The molecule has 78 valence electrons. The van der Waals surface area contributed by atoms with E-state index in [4.69, 9.17) is 0 Å². The first-order valence-corrected chi connectivity index (χ1v) is 6.65. The largest absolute Gasteiger partial charge is 0.224 e. The molecule has 0 aliphatic rings. The summed E-state index contributed by atoms with van der Waals surface area (Å²) < 4.78 is 22.9. The van der Waals surface area contributed by atoms with Crippen molar-refractivity contribution in [2.75, 3.05) is 6.26 Å². The van der Waals surface area contributed by atoms with E-state index in [-0.39, 0.29) is 0 Å². The minimum Gasteiger partial charge on any atom is -0.224 e. The standard InChI is InChI=1S/C11H16O2S/c1-4-9(2)10-7-5-6-8-11(10)14(3,12)13/h5-9H,4H2,1-3H3. The number of sulfone groups is 1. The normalized spacial score (nSPS) is 13.9. The Morgan fingerprint density at radius 1 is 1.29 bits per heavy atom. The van der Waals surface area contributed by atoms with E-state index in [9.17, 15) is 8.42 Å². The molecule has 0 N–H and O–H groups in total. The van der Waals surface area contributed by atoms with Crippen LogP contribution >= 0.6 is 0 Å². The molecule has 3 heteroatoms. The molecule has 1 unspecified atom stereocenters. The van der Waals surface area contributed by atoms with Gasteiger partial charge in [-0.1, -0.05) is 32.0 Å². The minimum atomic E-state index is -3.09. The van der Waals surface area contributed by atoms with Gasteiger partial charge in [-0.15, -0.1) is 0 Å². The van der Waals surface area contributed by atoms with Crippen LogP contribution in [0.5, 0.6) is 0 Å². The van der Waals surface area contributed by atoms with Crippen LogP contribution in [-0.2, 0) is 9.84 Å². The van der Waals surface area contributed by atoms with Gasteiger partial charge >= 0.3 is 0 Å². The van der Waals surface area contributed by atoms with Gasteiger partial charge < -0.3 is 0 Å². The Labute approximate surface area is 85.9 Å². The molecule has 0 amide bonds. The van der Waals surface area contributed by atoms with E-state index in [1.54, 1.807) is 12.1 Å². The fraction of sp³-hybridized carbons (Fsp3) is 0.455. The van der Waals surface area contributed by atoms with E-state index >= 15 is 0 Å². The summed E-state index contributed by atoms with van der Waals surface area (Å²) in [5, 5.41) is 0. The molecular weight excluding hydrogens is 196 g/mol. The molecule has 0 aromatic heterocycles. The molecule has 0 aliphatic heterocycles. The van der Waals surface area contributed by atoms with Crippen LogP contribution in [0, 0.1) is 0 Å². The SMILES string of the molecule is CCC(C)c1ccccc1S(C)(=O)=O. The van der Waals surface area contributed by atoms with Gasteiger partial charge in [0.1, 0.15) is 0 Å². The van der Waals surface area contributed by atoms with Gasteiger partial charge in [0.05, 0.1) is 4.90 Å². The summed E-state index contributed by atoms with van der Waals surface area (Å²) in [5.74, 6) is 0.293. The zero-order chi connectivity index (χ0) is 10.8. The molecule has 1 aromatic rings. The first-order valence-electron chi connectivity index (χ1n) is 4.75. The van der Waals surface area contributed by atoms with Crippen molar-refractivity contribution in [1.82, 2.24) is 0 Å². The zero-order valence-corrected chi connectivity index (χ0v) is 9.64. The van der Waals surface area contributed by atoms with Crippen LogP contribution in [-0.4, -0.2) is 14.7 Å². The number of benzene rings is 1. The van der Waals surface area contributed by atoms with Crippen molar-refractivity contribution in [3.8, 4) is 0 Å². The van der Waals surface area contributed by atoms with Gasteiger partial charge in [0, 0.05) is 6.26 Å². The molecule has 0 fully saturated rings. The lowest BCUT2D eigenvalue weighted by Gasteiger charge is -2.12. The smallest absolute Gasteiger partial charge is 0.175 e. The predicted molar refractivity (Wildman–Crippen MR) is 58.3 cm³/mol. The number of hydrogen-bond acceptors (Lipinski definition) is 2. The quantitative estimate of drug-likeness (QED) is 0.771. The molecule has 0 bridgehead atoms. The summed E-state index contributed by atoms with van der Waals surface area (Å²) >= 11 is 0. The third-order valence-electron chi connectivity index (χ3n) is 2.46. The molecule has 0 saturated carbocycles. The van der Waals surface area contributed by atoms with Gasteiger partial charge in [-0.2, -0.15) is 0 Å². The van der Waals surface area contributed by atoms with Gasteiger partial charge in [-0.05, 0) is 24.0 Å². The predicted octanol–water partition coefficient (Wildman–Crippen LogP) is 2.60. The van der Waals surface area contributed by atoms with Crippen molar-refractivity contribution in [3.05, 3.63) is 29.8 Å². The first-order chi connectivity index (χ1) is 6.46. The summed E-state index contributed by atoms with van der Waals surface area (Å²) in [7, 11) is -3.09. The van der Waals surface area contributed by atoms with Crippen molar-refractivity contribution in [2.45, 2.75) is 31.1 Å². The van der Waals surface area contributed by atoms with Crippen LogP contribution < -0.4 is 0 Å². The highest BCUT2D eigenvalue weighted by Gasteiger charge is 2.15. The fourth-order valence-corrected chi connectivity index (χ4v) is 2.47. The van der Waals surface area contributed by atoms with Crippen molar-refractivity contribution in [3.63, 3.8) is 0 Å². The molecule has 0 aliphatic carbocycles. The third-order valence-corrected chi connectivity index (χ3v) is 3.63. The zero-order valence-electron chi connectivity index (χ0n) is 8.82. The highest BCUT2D eigenvalue weighted by molar-refractivity contribution is 7.90. The Hall–Kier alpha value is -0.830. The molecule has 0 spiro atoms. The third kappa shape index (κ3) is 2.35. The second-order valence-electron chi connectivity index (χ2n) is 3.62. The Morgan fingerprint density at radius 3 is 2.36 bits per heavy atom. The summed E-state index contributed by atoms with van der Waals surface area (Å²) in [6.45, 7) is 4.10. The van der Waals surface area contributed by atoms with E-state index in [0.29, 0.717) is 10.8 Å². The Balaban J connectivity index is 3.30. The lowest BCUT2D eigenvalue weighted by atomic mass is 9.99. The van der Waals surface area contributed by atoms with Crippen molar-refractivity contribution in [1.29, 1.82) is 0 Å². The lowest BCUT2D eigenvalue weighted by molar-refractivity contribution is 0.598. The van der Waals surface area contributed by atoms with Gasteiger partial charge in [0.15, 0.2) is 9.84 Å². The van der Waals surface area contributed by atoms with Crippen LogP contribution in [0.3, 0.4) is 0 Å². The van der Waals surface area contributed by atoms with E-state index in [0.717, 1.165) is 12.0 Å². The van der Waals surface area contributed by atoms with Crippen LogP contribution in [0.4, 0.5) is 0 Å². The fourth-order valence-electron chi connectivity index (χ4n) is 1.45. The van der Waals surface area contributed by atoms with E-state index in [1.165, 1.54) is 6.26 Å². The summed E-state index contributed by atoms with van der Waals surface area (Å²) in [6.07, 6.45) is 2.21. The van der Waals surface area contributed by atoms with Crippen molar-refractivity contribution in [2.24, 2.45) is 0 Å². The second-order valence-corrected chi connectivity index (χ2v) is 5.60. The maximum Gasteiger partial charge on any atom is 0.175 e. The molecular formula is C11H16O2S. The van der Waals surface area contributed by atoms with Crippen molar-refractivity contribution >= 4 is 9.84 Å². The Morgan fingerprint density at radius 2 is 1.86 bits per heavy atom. The monoisotopic (exact) mass is 212 g/mol. The van der Waals surface area contributed by atoms with Gasteiger partial charge in [0.2, 0.25) is 0 Å². The molecule has 0 radical (unpaired) electrons. The number of rotatable bonds is 3. The van der Waals surface area contributed by atoms with Gasteiger partial charge in [-0.3, -0.25) is 0 Å². The van der Waals surface area contributed by atoms with E-state index in [2.05, 4.69) is 6.92 Å². The Bertz CT molecular complexity index is 407. The van der Waals surface area contributed by atoms with Gasteiger partial charge in [0.25, 0.3) is 0 Å². The van der Waals surface area contributed by atoms with Crippen LogP contribution in [0.15, 0.2) is 29.2 Å². The van der Waals surface area contributed by atoms with E-state index < -0.39 is 9.84 Å². The summed E-state index contributed by atoms with van der Waals surface area (Å²) in [5.41, 5.74) is 0.928. The Kier molecular flexibility index (Phi) is 3.32. The topological polar surface area (TPSA) is 34.1 Å². The molecule has 0 saturated heterocycles. The van der Waals surface area contributed by atoms with Crippen LogP contribution in [0.25, 0.3) is 0 Å². The average molecular weight is 212 g/mol. The summed E-state index contributed by atoms with van der Waals surface area (Å²) in [6, 6.07) is 7.22. The maximum absolute atomic E-state index is 11.5. The second kappa shape index (κ2) is 4.13. The van der Waals surface area contributed by atoms with Crippen LogP contribution in [0.2, 0.25) is 0 Å². The highest BCUT2D eigenvalue weighted by atomic mass is 32.2. The van der Waals surface area contributed by atoms with E-state index in [1.807, 2.05) is 19.1 Å². The highest BCUT2D eigenvalue weighted by Crippen LogP contribution is 2.25. The molecule has 1 atom stereocenters. The molecule has 0 heterocycles. The lowest BCUT2D eigenvalue weighted by Crippen LogP contribution is -2.04. The summed E-state index contributed by atoms with van der Waals surface area (Å²) in [4.78, 5) is 0.467. The molecule has 1 rings (SSSR count). The molecule has 14 heavy (non-hydrogen) atoms. The first kappa shape index (κ1) is 11.2. The minimum absolute atomic E-state index is 0.293. The average Bonchev–Trinajstić information content (AvgIpc) is 2.15.